The average molecular weight is 370 g/mol. The zero-order chi connectivity index (χ0) is 15.6. The van der Waals surface area contributed by atoms with Crippen LogP contribution in [-0.2, 0) is 10.0 Å². The molecule has 0 radical (unpaired) electrons. The lowest BCUT2D eigenvalue weighted by atomic mass is 9.91. The first kappa shape index (κ1) is 17.5. The summed E-state index contributed by atoms with van der Waals surface area (Å²) in [5.74, 6) is -1.91. The Bertz CT molecular complexity index is 570. The van der Waals surface area contributed by atoms with E-state index in [1.165, 1.54) is 0 Å². The zero-order valence-electron chi connectivity index (χ0n) is 11.6. The Hall–Kier alpha value is -0.530. The number of hydrogen-bond donors (Lipinski definition) is 1. The van der Waals surface area contributed by atoms with Crippen molar-refractivity contribution in [2.45, 2.75) is 36.9 Å². The molecule has 0 fully saturated rings. The Labute approximate surface area is 126 Å². The molecule has 0 spiro atoms. The number of halogens is 3. The monoisotopic (exact) mass is 369 g/mol. The summed E-state index contributed by atoms with van der Waals surface area (Å²) in [4.78, 5) is -0.616. The molecular formula is C13H18BrF2NO2S. The van der Waals surface area contributed by atoms with Gasteiger partial charge in [0.25, 0.3) is 0 Å². The molecule has 1 aromatic rings. The number of nitrogens with one attached hydrogen (secondary N) is 1. The largest absolute Gasteiger partial charge is 0.243 e. The predicted molar refractivity (Wildman–Crippen MR) is 78.3 cm³/mol. The van der Waals surface area contributed by atoms with Crippen molar-refractivity contribution in [1.29, 1.82) is 0 Å². The van der Waals surface area contributed by atoms with Crippen LogP contribution in [0.15, 0.2) is 23.1 Å². The quantitative estimate of drug-likeness (QED) is 0.808. The summed E-state index contributed by atoms with van der Waals surface area (Å²) in [5, 5.41) is 0. The van der Waals surface area contributed by atoms with Crippen LogP contribution >= 0.6 is 15.9 Å². The second-order valence-corrected chi connectivity index (χ2v) is 8.82. The van der Waals surface area contributed by atoms with Gasteiger partial charge in [-0.1, -0.05) is 36.7 Å². The lowest BCUT2D eigenvalue weighted by molar-refractivity contribution is 0.373. The summed E-state index contributed by atoms with van der Waals surface area (Å²) in [6, 6.07) is 2.38. The van der Waals surface area contributed by atoms with Gasteiger partial charge in [0, 0.05) is 17.4 Å². The van der Waals surface area contributed by atoms with Gasteiger partial charge in [-0.15, -0.1) is 0 Å². The van der Waals surface area contributed by atoms with Gasteiger partial charge in [0.15, 0.2) is 0 Å². The summed E-state index contributed by atoms with van der Waals surface area (Å²) in [7, 11) is -3.98. The minimum atomic E-state index is -3.98. The van der Waals surface area contributed by atoms with Crippen LogP contribution in [0.4, 0.5) is 8.78 Å². The first-order chi connectivity index (χ1) is 9.01. The van der Waals surface area contributed by atoms with Crippen molar-refractivity contribution in [3.8, 4) is 0 Å². The highest BCUT2D eigenvalue weighted by Gasteiger charge is 2.22. The smallest absolute Gasteiger partial charge is 0.210 e. The molecule has 0 saturated carbocycles. The summed E-state index contributed by atoms with van der Waals surface area (Å²) in [5.41, 5.74) is 0.0424. The van der Waals surface area contributed by atoms with E-state index in [2.05, 4.69) is 20.7 Å². The van der Waals surface area contributed by atoms with Crippen molar-refractivity contribution in [1.82, 2.24) is 4.72 Å². The summed E-state index contributed by atoms with van der Waals surface area (Å²) < 4.78 is 52.4. The van der Waals surface area contributed by atoms with Gasteiger partial charge in [-0.05, 0) is 24.0 Å². The topological polar surface area (TPSA) is 46.2 Å². The van der Waals surface area contributed by atoms with Crippen molar-refractivity contribution in [2.75, 3.05) is 6.54 Å². The third kappa shape index (κ3) is 5.46. The van der Waals surface area contributed by atoms with Crippen LogP contribution in [0.1, 0.15) is 27.2 Å². The SMILES string of the molecule is CC(C)(C)CC(Br)CNS(=O)(=O)c1ccc(F)cc1F. The van der Waals surface area contributed by atoms with E-state index in [0.29, 0.717) is 6.07 Å². The summed E-state index contributed by atoms with van der Waals surface area (Å²) in [6.07, 6.45) is 0.751. The molecule has 1 rings (SSSR count). The fourth-order valence-electron chi connectivity index (χ4n) is 1.71. The first-order valence-corrected chi connectivity index (χ1v) is 8.50. The van der Waals surface area contributed by atoms with Crippen LogP contribution in [0.2, 0.25) is 0 Å². The molecule has 0 aromatic heterocycles. The zero-order valence-corrected chi connectivity index (χ0v) is 14.0. The lowest BCUT2D eigenvalue weighted by Crippen LogP contribution is -2.32. The summed E-state index contributed by atoms with van der Waals surface area (Å²) in [6.45, 7) is 6.25. The second-order valence-electron chi connectivity index (χ2n) is 5.79. The van der Waals surface area contributed by atoms with Gasteiger partial charge in [0.05, 0.1) is 0 Å². The molecule has 1 unspecified atom stereocenters. The molecule has 0 aliphatic heterocycles. The van der Waals surface area contributed by atoms with Gasteiger partial charge in [0.2, 0.25) is 10.0 Å². The molecule has 114 valence electrons. The molecule has 0 bridgehead atoms. The van der Waals surface area contributed by atoms with Crippen LogP contribution in [0.3, 0.4) is 0 Å². The molecule has 0 saturated heterocycles. The van der Waals surface area contributed by atoms with Gasteiger partial charge >= 0.3 is 0 Å². The van der Waals surface area contributed by atoms with Crippen LogP contribution in [0.5, 0.6) is 0 Å². The van der Waals surface area contributed by atoms with Crippen LogP contribution in [0.25, 0.3) is 0 Å². The molecule has 7 heteroatoms. The van der Waals surface area contributed by atoms with E-state index in [1.54, 1.807) is 0 Å². The second kappa shape index (κ2) is 6.49. The molecule has 0 amide bonds. The van der Waals surface area contributed by atoms with E-state index in [0.717, 1.165) is 18.6 Å². The number of sulfonamides is 1. The summed E-state index contributed by atoms with van der Waals surface area (Å²) >= 11 is 3.39. The van der Waals surface area contributed by atoms with E-state index >= 15 is 0 Å². The standard InChI is InChI=1S/C13H18BrF2NO2S/c1-13(2,3)7-9(14)8-17-20(18,19)12-5-4-10(15)6-11(12)16/h4-6,9,17H,7-8H2,1-3H3. The lowest BCUT2D eigenvalue weighted by Gasteiger charge is -2.22. The maximum atomic E-state index is 13.5. The van der Waals surface area contributed by atoms with Crippen LogP contribution in [-0.4, -0.2) is 19.8 Å². The van der Waals surface area contributed by atoms with E-state index in [1.807, 2.05) is 20.8 Å². The Morgan fingerprint density at radius 3 is 2.40 bits per heavy atom. The molecule has 1 atom stereocenters. The molecule has 1 N–H and O–H groups in total. The highest BCUT2D eigenvalue weighted by Crippen LogP contribution is 2.24. The minimum Gasteiger partial charge on any atom is -0.210 e. The van der Waals surface area contributed by atoms with E-state index < -0.39 is 26.6 Å². The van der Waals surface area contributed by atoms with Gasteiger partial charge < -0.3 is 0 Å². The third-order valence-corrected chi connectivity index (χ3v) is 4.62. The normalized spacial score (nSPS) is 14.3. The Balaban J connectivity index is 2.76. The molecule has 1 aromatic carbocycles. The molecule has 3 nitrogen and oxygen atoms in total. The Morgan fingerprint density at radius 1 is 1.30 bits per heavy atom. The molecular weight excluding hydrogens is 352 g/mol. The minimum absolute atomic E-state index is 0.0424. The van der Waals surface area contributed by atoms with E-state index in [9.17, 15) is 17.2 Å². The molecule has 0 aliphatic rings. The third-order valence-electron chi connectivity index (χ3n) is 2.51. The molecule has 0 aliphatic carbocycles. The Morgan fingerprint density at radius 2 is 1.90 bits per heavy atom. The molecule has 20 heavy (non-hydrogen) atoms. The van der Waals surface area contributed by atoms with Gasteiger partial charge in [-0.25, -0.2) is 21.9 Å². The van der Waals surface area contributed by atoms with Gasteiger partial charge in [-0.2, -0.15) is 0 Å². The van der Waals surface area contributed by atoms with Crippen molar-refractivity contribution in [2.24, 2.45) is 5.41 Å². The Kier molecular flexibility index (Phi) is 5.69. The fraction of sp³-hybridized carbons (Fsp3) is 0.538. The maximum absolute atomic E-state index is 13.5. The van der Waals surface area contributed by atoms with Crippen molar-refractivity contribution in [3.05, 3.63) is 29.8 Å². The predicted octanol–water partition coefficient (Wildman–Crippen LogP) is 3.44. The van der Waals surface area contributed by atoms with E-state index in [4.69, 9.17) is 0 Å². The van der Waals surface area contributed by atoms with Gasteiger partial charge in [-0.3, -0.25) is 0 Å². The number of hydrogen-bond acceptors (Lipinski definition) is 2. The van der Waals surface area contributed by atoms with Gasteiger partial charge in [0.1, 0.15) is 16.5 Å². The van der Waals surface area contributed by atoms with Crippen LogP contribution in [0, 0.1) is 17.0 Å². The van der Waals surface area contributed by atoms with Crippen LogP contribution < -0.4 is 4.72 Å². The highest BCUT2D eigenvalue weighted by atomic mass is 79.9. The average Bonchev–Trinajstić information content (AvgIpc) is 2.23. The van der Waals surface area contributed by atoms with Crippen molar-refractivity contribution >= 4 is 26.0 Å². The van der Waals surface area contributed by atoms with E-state index in [-0.39, 0.29) is 16.8 Å². The van der Waals surface area contributed by atoms with Crippen molar-refractivity contribution < 1.29 is 17.2 Å². The number of alkyl halides is 1. The highest BCUT2D eigenvalue weighted by molar-refractivity contribution is 9.09. The van der Waals surface area contributed by atoms with Crippen molar-refractivity contribution in [3.63, 3.8) is 0 Å². The number of benzene rings is 1. The first-order valence-electron chi connectivity index (χ1n) is 6.10. The fourth-order valence-corrected chi connectivity index (χ4v) is 4.19. The molecule has 0 heterocycles. The number of rotatable bonds is 5. The maximum Gasteiger partial charge on any atom is 0.243 e.